The molecule has 3 heterocycles. The highest BCUT2D eigenvalue weighted by molar-refractivity contribution is 5.99. The number of hydrogen-bond acceptors (Lipinski definition) is 6. The van der Waals surface area contributed by atoms with Crippen LogP contribution in [0.2, 0.25) is 0 Å². The first-order chi connectivity index (χ1) is 14.7. The number of nitrogens with one attached hydrogen (secondary N) is 1. The molecule has 0 unspecified atom stereocenters. The van der Waals surface area contributed by atoms with Crippen LogP contribution in [0.15, 0.2) is 47.2 Å². The Bertz CT molecular complexity index is 1110. The second-order valence-corrected chi connectivity index (χ2v) is 7.28. The molecule has 7 nitrogen and oxygen atoms in total. The third-order valence-corrected chi connectivity index (χ3v) is 5.19. The number of alkyl halides is 3. The standard InChI is InChI=1S/C21H18F3N3O4/c1-12-6-14(8-28)16(7-25-12)13-2-4-15(5-3-13)20(10-30-11-20)18(29)27-19-26-17(9-31-19)21(22,23)24/h2-7,9,28H,8,10-11H2,1H3,(H,26,27,29). The first-order valence-corrected chi connectivity index (χ1v) is 9.32. The number of benzene rings is 1. The van der Waals surface area contributed by atoms with Crippen molar-refractivity contribution in [2.45, 2.75) is 25.1 Å². The van der Waals surface area contributed by atoms with Crippen LogP contribution in [0.3, 0.4) is 0 Å². The van der Waals surface area contributed by atoms with E-state index in [2.05, 4.69) is 15.3 Å². The normalized spacial score (nSPS) is 15.4. The summed E-state index contributed by atoms with van der Waals surface area (Å²) < 4.78 is 48.1. The fourth-order valence-electron chi connectivity index (χ4n) is 3.39. The van der Waals surface area contributed by atoms with Gasteiger partial charge in [0.2, 0.25) is 5.91 Å². The van der Waals surface area contributed by atoms with Crippen LogP contribution in [0.25, 0.3) is 11.1 Å². The predicted octanol–water partition coefficient (Wildman–Crippen LogP) is 3.46. The van der Waals surface area contributed by atoms with Crippen LogP contribution in [0.4, 0.5) is 19.2 Å². The van der Waals surface area contributed by atoms with Crippen LogP contribution in [-0.2, 0) is 27.7 Å². The molecule has 1 aliphatic rings. The third-order valence-electron chi connectivity index (χ3n) is 5.19. The summed E-state index contributed by atoms with van der Waals surface area (Å²) in [6, 6.07) is 8.34. The molecule has 4 rings (SSSR count). The van der Waals surface area contributed by atoms with Gasteiger partial charge in [0.05, 0.1) is 19.8 Å². The Morgan fingerprint density at radius 1 is 1.26 bits per heavy atom. The zero-order valence-electron chi connectivity index (χ0n) is 16.4. The van der Waals surface area contributed by atoms with Crippen molar-refractivity contribution in [2.24, 2.45) is 0 Å². The van der Waals surface area contributed by atoms with Crippen LogP contribution in [-0.4, -0.2) is 34.2 Å². The lowest BCUT2D eigenvalue weighted by Crippen LogP contribution is -2.55. The number of aromatic nitrogens is 2. The fraction of sp³-hybridized carbons (Fsp3) is 0.286. The number of rotatable bonds is 5. The van der Waals surface area contributed by atoms with Gasteiger partial charge in [-0.05, 0) is 29.7 Å². The third kappa shape index (κ3) is 3.91. The van der Waals surface area contributed by atoms with Gasteiger partial charge in [-0.1, -0.05) is 24.3 Å². The molecule has 1 amide bonds. The fourth-order valence-corrected chi connectivity index (χ4v) is 3.39. The van der Waals surface area contributed by atoms with E-state index in [4.69, 9.17) is 9.15 Å². The van der Waals surface area contributed by atoms with Crippen LogP contribution >= 0.6 is 0 Å². The zero-order valence-corrected chi connectivity index (χ0v) is 16.4. The second-order valence-electron chi connectivity index (χ2n) is 7.28. The van der Waals surface area contributed by atoms with E-state index in [9.17, 15) is 23.1 Å². The van der Waals surface area contributed by atoms with Crippen molar-refractivity contribution >= 4 is 11.9 Å². The van der Waals surface area contributed by atoms with Gasteiger partial charge in [-0.15, -0.1) is 0 Å². The van der Waals surface area contributed by atoms with Gasteiger partial charge in [-0.25, -0.2) is 0 Å². The Morgan fingerprint density at radius 2 is 1.97 bits per heavy atom. The molecule has 162 valence electrons. The minimum atomic E-state index is -4.67. The molecule has 1 aromatic carbocycles. The van der Waals surface area contributed by atoms with Crippen molar-refractivity contribution in [1.82, 2.24) is 9.97 Å². The van der Waals surface area contributed by atoms with Crippen molar-refractivity contribution in [3.63, 3.8) is 0 Å². The maximum atomic E-state index is 12.9. The summed E-state index contributed by atoms with van der Waals surface area (Å²) in [6.45, 7) is 1.82. The molecule has 1 saturated heterocycles. The summed E-state index contributed by atoms with van der Waals surface area (Å²) >= 11 is 0. The molecule has 0 aliphatic carbocycles. The molecule has 0 radical (unpaired) electrons. The minimum absolute atomic E-state index is 0.0684. The number of halogens is 3. The van der Waals surface area contributed by atoms with Crippen molar-refractivity contribution < 1.29 is 32.2 Å². The highest BCUT2D eigenvalue weighted by atomic mass is 19.4. The quantitative estimate of drug-likeness (QED) is 0.640. The van der Waals surface area contributed by atoms with E-state index in [0.717, 1.165) is 22.4 Å². The molecule has 10 heteroatoms. The number of anilines is 1. The number of amides is 1. The van der Waals surface area contributed by atoms with Crippen molar-refractivity contribution in [3.8, 4) is 11.1 Å². The summed E-state index contributed by atoms with van der Waals surface area (Å²) in [5.41, 5.74) is 1.42. The lowest BCUT2D eigenvalue weighted by atomic mass is 9.77. The number of pyridine rings is 1. The van der Waals surface area contributed by atoms with Gasteiger partial charge in [-0.3, -0.25) is 15.1 Å². The molecule has 3 aromatic rings. The van der Waals surface area contributed by atoms with Crippen LogP contribution in [0.5, 0.6) is 0 Å². The number of aryl methyl sites for hydroxylation is 1. The molecule has 31 heavy (non-hydrogen) atoms. The average Bonchev–Trinajstić information content (AvgIpc) is 3.16. The summed E-state index contributed by atoms with van der Waals surface area (Å²) in [7, 11) is 0. The second kappa shape index (κ2) is 7.78. The Balaban J connectivity index is 1.57. The van der Waals surface area contributed by atoms with Gasteiger partial charge in [0, 0.05) is 17.5 Å². The van der Waals surface area contributed by atoms with Crippen LogP contribution in [0, 0.1) is 6.92 Å². The molecule has 2 N–H and O–H groups in total. The number of hydrogen-bond donors (Lipinski definition) is 2. The molecule has 1 aliphatic heterocycles. The molecular weight excluding hydrogens is 415 g/mol. The Hall–Kier alpha value is -3.24. The van der Waals surface area contributed by atoms with Gasteiger partial charge in [-0.2, -0.15) is 18.2 Å². The summed E-state index contributed by atoms with van der Waals surface area (Å²) in [5.74, 6) is -0.574. The molecule has 0 spiro atoms. The number of nitrogens with zero attached hydrogens (tertiary/aromatic N) is 2. The van der Waals surface area contributed by atoms with E-state index < -0.39 is 29.2 Å². The Labute approximate surface area is 174 Å². The van der Waals surface area contributed by atoms with Crippen LogP contribution < -0.4 is 5.32 Å². The van der Waals surface area contributed by atoms with Gasteiger partial charge < -0.3 is 14.3 Å². The van der Waals surface area contributed by atoms with Crippen molar-refractivity contribution in [3.05, 3.63) is 65.3 Å². The zero-order chi connectivity index (χ0) is 22.2. The van der Waals surface area contributed by atoms with Crippen molar-refractivity contribution in [1.29, 1.82) is 0 Å². The van der Waals surface area contributed by atoms with E-state index in [0.29, 0.717) is 11.8 Å². The predicted molar refractivity (Wildman–Crippen MR) is 103 cm³/mol. The number of aliphatic hydroxyl groups is 1. The number of oxazole rings is 1. The number of ether oxygens (including phenoxy) is 1. The lowest BCUT2D eigenvalue weighted by molar-refractivity contribution is -0.141. The molecule has 1 fully saturated rings. The number of aliphatic hydroxyl groups excluding tert-OH is 1. The Kier molecular flexibility index (Phi) is 5.28. The SMILES string of the molecule is Cc1cc(CO)c(-c2ccc(C3(C(=O)Nc4nc(C(F)(F)F)co4)COC3)cc2)cn1. The Morgan fingerprint density at radius 3 is 2.52 bits per heavy atom. The maximum Gasteiger partial charge on any atom is 0.436 e. The van der Waals surface area contributed by atoms with Gasteiger partial charge in [0.1, 0.15) is 11.7 Å². The van der Waals surface area contributed by atoms with E-state index in [-0.39, 0.29) is 19.8 Å². The van der Waals surface area contributed by atoms with E-state index in [1.165, 1.54) is 0 Å². The van der Waals surface area contributed by atoms with Gasteiger partial charge in [0.25, 0.3) is 0 Å². The summed E-state index contributed by atoms with van der Waals surface area (Å²) in [5, 5.41) is 11.9. The first kappa shape index (κ1) is 21.0. The largest absolute Gasteiger partial charge is 0.436 e. The number of carbonyl (C=O) groups excluding carboxylic acids is 1. The van der Waals surface area contributed by atoms with Crippen LogP contribution in [0.1, 0.15) is 22.5 Å². The lowest BCUT2D eigenvalue weighted by Gasteiger charge is -2.39. The smallest absolute Gasteiger partial charge is 0.431 e. The van der Waals surface area contributed by atoms with E-state index in [1.54, 1.807) is 36.5 Å². The van der Waals surface area contributed by atoms with Gasteiger partial charge >= 0.3 is 12.2 Å². The summed E-state index contributed by atoms with van der Waals surface area (Å²) in [4.78, 5) is 20.4. The van der Waals surface area contributed by atoms with Crippen molar-refractivity contribution in [2.75, 3.05) is 18.5 Å². The maximum absolute atomic E-state index is 12.9. The molecule has 0 bridgehead atoms. The topological polar surface area (TPSA) is 97.5 Å². The van der Waals surface area contributed by atoms with Gasteiger partial charge in [0.15, 0.2) is 5.69 Å². The molecule has 2 aromatic heterocycles. The monoisotopic (exact) mass is 433 g/mol. The van der Waals surface area contributed by atoms with E-state index in [1.807, 2.05) is 6.92 Å². The minimum Gasteiger partial charge on any atom is -0.431 e. The highest BCUT2D eigenvalue weighted by Gasteiger charge is 2.48. The number of carbonyl (C=O) groups is 1. The highest BCUT2D eigenvalue weighted by Crippen LogP contribution is 2.36. The molecule has 0 saturated carbocycles. The first-order valence-electron chi connectivity index (χ1n) is 9.32. The summed E-state index contributed by atoms with van der Waals surface area (Å²) in [6.07, 6.45) is -2.55. The molecular formula is C21H18F3N3O4. The van der Waals surface area contributed by atoms with E-state index >= 15 is 0 Å². The average molecular weight is 433 g/mol. The molecule has 0 atom stereocenters.